The van der Waals surface area contributed by atoms with E-state index in [0.29, 0.717) is 4.60 Å². The number of carbonyl (C=O) groups is 1. The molecule has 1 rings (SSSR count). The van der Waals surface area contributed by atoms with Gasteiger partial charge in [-0.1, -0.05) is 11.6 Å². The number of hydrogen-bond donors (Lipinski definition) is 0. The Morgan fingerprint density at radius 3 is 3.00 bits per heavy atom. The average molecular weight is 252 g/mol. The first-order valence-electron chi connectivity index (χ1n) is 3.05. The summed E-state index contributed by atoms with van der Waals surface area (Å²) in [4.78, 5) is 14.6. The first kappa shape index (κ1) is 9.61. The van der Waals surface area contributed by atoms with Gasteiger partial charge in [0.25, 0.3) is 0 Å². The van der Waals surface area contributed by atoms with Crippen LogP contribution in [0.25, 0.3) is 0 Å². The van der Waals surface area contributed by atoms with Crippen LogP contribution in [0.15, 0.2) is 16.9 Å². The lowest BCUT2D eigenvalue weighted by Crippen LogP contribution is -2.02. The third kappa shape index (κ3) is 2.01. The average Bonchev–Trinajstić information content (AvgIpc) is 2.08. The highest BCUT2D eigenvalue weighted by Gasteiger charge is 2.10. The molecule has 0 aliphatic rings. The maximum atomic E-state index is 11.9. The monoisotopic (exact) mass is 251 g/mol. The number of nitrogens with zero attached hydrogens (tertiary/aromatic N) is 1. The van der Waals surface area contributed by atoms with Gasteiger partial charge in [0.2, 0.25) is 0 Å². The van der Waals surface area contributed by atoms with Crippen LogP contribution in [0.1, 0.15) is 10.4 Å². The number of pyridine rings is 1. The second kappa shape index (κ2) is 3.96. The third-order valence-corrected chi connectivity index (χ3v) is 1.98. The van der Waals surface area contributed by atoms with Crippen molar-refractivity contribution in [2.45, 2.75) is 0 Å². The molecule has 12 heavy (non-hydrogen) atoms. The lowest BCUT2D eigenvalue weighted by Gasteiger charge is -1.99. The molecule has 0 aliphatic carbocycles. The Kier molecular flexibility index (Phi) is 3.17. The van der Waals surface area contributed by atoms with E-state index in [-0.39, 0.29) is 10.6 Å². The Hall–Kier alpha value is -0.480. The van der Waals surface area contributed by atoms with Crippen molar-refractivity contribution in [2.75, 3.05) is 6.67 Å². The second-order valence-electron chi connectivity index (χ2n) is 2.04. The molecule has 0 saturated heterocycles. The molecule has 5 heteroatoms. The zero-order chi connectivity index (χ0) is 9.14. The third-order valence-electron chi connectivity index (χ3n) is 1.24. The van der Waals surface area contributed by atoms with Crippen molar-refractivity contribution >= 4 is 33.3 Å². The fraction of sp³-hybridized carbons (Fsp3) is 0.143. The van der Waals surface area contributed by atoms with Crippen molar-refractivity contribution in [3.05, 3.63) is 27.5 Å². The van der Waals surface area contributed by atoms with E-state index in [4.69, 9.17) is 11.6 Å². The molecule has 0 N–H and O–H groups in total. The first-order chi connectivity index (χ1) is 5.65. The summed E-state index contributed by atoms with van der Waals surface area (Å²) in [5.41, 5.74) is 0.154. The normalized spacial score (nSPS) is 9.92. The summed E-state index contributed by atoms with van der Waals surface area (Å²) in [6.45, 7) is -1.05. The number of aromatic nitrogens is 1. The quantitative estimate of drug-likeness (QED) is 0.598. The van der Waals surface area contributed by atoms with E-state index in [0.717, 1.165) is 0 Å². The molecule has 0 spiro atoms. The van der Waals surface area contributed by atoms with Crippen LogP contribution >= 0.6 is 27.5 Å². The lowest BCUT2D eigenvalue weighted by atomic mass is 10.2. The summed E-state index contributed by atoms with van der Waals surface area (Å²) in [5, 5.41) is 0.167. The Morgan fingerprint density at radius 1 is 1.75 bits per heavy atom. The first-order valence-corrected chi connectivity index (χ1v) is 4.22. The predicted octanol–water partition coefficient (Wildman–Crippen LogP) is 2.65. The molecule has 1 aromatic rings. The highest BCUT2D eigenvalue weighted by Crippen LogP contribution is 2.18. The van der Waals surface area contributed by atoms with Crippen LogP contribution in [0.2, 0.25) is 5.02 Å². The molecule has 0 fully saturated rings. The van der Waals surface area contributed by atoms with Crippen molar-refractivity contribution in [2.24, 2.45) is 0 Å². The molecule has 0 saturated carbocycles. The van der Waals surface area contributed by atoms with E-state index in [2.05, 4.69) is 20.9 Å². The standard InChI is InChI=1S/C7H4BrClFNO/c8-7-1-4(6(12)2-10)5(9)3-11-7/h1,3H,2H2. The van der Waals surface area contributed by atoms with Crippen LogP contribution in [0, 0.1) is 0 Å². The minimum atomic E-state index is -1.05. The van der Waals surface area contributed by atoms with E-state index in [1.165, 1.54) is 12.3 Å². The van der Waals surface area contributed by atoms with Crippen LogP contribution in [0.3, 0.4) is 0 Å². The van der Waals surface area contributed by atoms with E-state index in [1.54, 1.807) is 0 Å². The van der Waals surface area contributed by atoms with Crippen molar-refractivity contribution in [1.29, 1.82) is 0 Å². The van der Waals surface area contributed by atoms with Gasteiger partial charge in [-0.15, -0.1) is 0 Å². The number of Topliss-reactive ketones (excluding diaryl/α,β-unsaturated/α-hetero) is 1. The molecule has 64 valence electrons. The van der Waals surface area contributed by atoms with Gasteiger partial charge in [-0.2, -0.15) is 0 Å². The maximum absolute atomic E-state index is 11.9. The van der Waals surface area contributed by atoms with E-state index < -0.39 is 12.5 Å². The Bertz CT molecular complexity index is 318. The molecule has 0 amide bonds. The number of ketones is 1. The molecule has 0 unspecified atom stereocenters. The molecule has 1 aromatic heterocycles. The predicted molar refractivity (Wildman–Crippen MR) is 47.3 cm³/mol. The summed E-state index contributed by atoms with van der Waals surface area (Å²) < 4.78 is 12.4. The molecular formula is C7H4BrClFNO. The van der Waals surface area contributed by atoms with Gasteiger partial charge in [-0.05, 0) is 22.0 Å². The smallest absolute Gasteiger partial charge is 0.195 e. The molecule has 0 radical (unpaired) electrons. The van der Waals surface area contributed by atoms with Crippen molar-refractivity contribution < 1.29 is 9.18 Å². The van der Waals surface area contributed by atoms with Gasteiger partial charge >= 0.3 is 0 Å². The van der Waals surface area contributed by atoms with Crippen LogP contribution in [0.5, 0.6) is 0 Å². The summed E-state index contributed by atoms with van der Waals surface area (Å²) in [6.07, 6.45) is 1.30. The van der Waals surface area contributed by atoms with Crippen molar-refractivity contribution in [3.63, 3.8) is 0 Å². The summed E-state index contributed by atoms with van der Waals surface area (Å²) in [6, 6.07) is 1.39. The van der Waals surface area contributed by atoms with Gasteiger partial charge in [-0.25, -0.2) is 9.37 Å². The van der Waals surface area contributed by atoms with Gasteiger partial charge in [0, 0.05) is 11.8 Å². The number of carbonyl (C=O) groups excluding carboxylic acids is 1. The topological polar surface area (TPSA) is 30.0 Å². The van der Waals surface area contributed by atoms with E-state index in [1.807, 2.05) is 0 Å². The van der Waals surface area contributed by atoms with Crippen molar-refractivity contribution in [3.8, 4) is 0 Å². The Morgan fingerprint density at radius 2 is 2.42 bits per heavy atom. The minimum Gasteiger partial charge on any atom is -0.291 e. The highest BCUT2D eigenvalue weighted by atomic mass is 79.9. The van der Waals surface area contributed by atoms with Gasteiger partial charge in [-0.3, -0.25) is 4.79 Å². The fourth-order valence-electron chi connectivity index (χ4n) is 0.699. The molecule has 0 aliphatic heterocycles. The van der Waals surface area contributed by atoms with Gasteiger partial charge in [0.05, 0.1) is 5.02 Å². The Balaban J connectivity index is 3.13. The molecular weight excluding hydrogens is 248 g/mol. The lowest BCUT2D eigenvalue weighted by molar-refractivity contribution is 0.0958. The van der Waals surface area contributed by atoms with E-state index >= 15 is 0 Å². The SMILES string of the molecule is O=C(CF)c1cc(Br)ncc1Cl. The summed E-state index contributed by atoms with van der Waals surface area (Å²) in [7, 11) is 0. The maximum Gasteiger partial charge on any atom is 0.195 e. The molecule has 0 atom stereocenters. The summed E-state index contributed by atoms with van der Waals surface area (Å²) in [5.74, 6) is -0.636. The Labute approximate surface area is 81.9 Å². The number of halogens is 3. The van der Waals surface area contributed by atoms with Gasteiger partial charge in [0.1, 0.15) is 4.60 Å². The van der Waals surface area contributed by atoms with Crippen LogP contribution in [0.4, 0.5) is 4.39 Å². The zero-order valence-corrected chi connectivity index (χ0v) is 8.19. The number of hydrogen-bond acceptors (Lipinski definition) is 2. The van der Waals surface area contributed by atoms with Crippen molar-refractivity contribution in [1.82, 2.24) is 4.98 Å². The molecule has 0 bridgehead atoms. The highest BCUT2D eigenvalue weighted by molar-refractivity contribution is 9.10. The van der Waals surface area contributed by atoms with Crippen LogP contribution in [-0.4, -0.2) is 17.4 Å². The van der Waals surface area contributed by atoms with Gasteiger partial charge in [0.15, 0.2) is 12.5 Å². The van der Waals surface area contributed by atoms with Crippen LogP contribution < -0.4 is 0 Å². The van der Waals surface area contributed by atoms with Crippen LogP contribution in [-0.2, 0) is 0 Å². The van der Waals surface area contributed by atoms with Gasteiger partial charge < -0.3 is 0 Å². The summed E-state index contributed by atoms with van der Waals surface area (Å²) >= 11 is 8.65. The number of rotatable bonds is 2. The van der Waals surface area contributed by atoms with E-state index in [9.17, 15) is 9.18 Å². The zero-order valence-electron chi connectivity index (χ0n) is 5.85. The minimum absolute atomic E-state index is 0.154. The molecule has 2 nitrogen and oxygen atoms in total. The molecule has 0 aromatic carbocycles. The molecule has 1 heterocycles. The largest absolute Gasteiger partial charge is 0.291 e. The fourth-order valence-corrected chi connectivity index (χ4v) is 1.24. The number of alkyl halides is 1. The second-order valence-corrected chi connectivity index (χ2v) is 3.26.